The number of hydrogen-bond donors (Lipinski definition) is 1. The topological polar surface area (TPSA) is 15.3 Å². The molecule has 21 heavy (non-hydrogen) atoms. The third kappa shape index (κ3) is 7.65. The van der Waals surface area contributed by atoms with Crippen LogP contribution in [0.5, 0.6) is 0 Å². The van der Waals surface area contributed by atoms with E-state index in [0.717, 1.165) is 12.5 Å². The molecule has 0 aromatic rings. The van der Waals surface area contributed by atoms with Gasteiger partial charge in [0.2, 0.25) is 0 Å². The summed E-state index contributed by atoms with van der Waals surface area (Å²) in [6, 6.07) is 0.697. The van der Waals surface area contributed by atoms with Gasteiger partial charge in [0, 0.05) is 24.7 Å². The monoisotopic (exact) mass is 296 g/mol. The molecule has 0 aromatic carbocycles. The molecular weight excluding hydrogens is 256 g/mol. The van der Waals surface area contributed by atoms with Crippen molar-refractivity contribution in [3.8, 4) is 0 Å². The lowest BCUT2D eigenvalue weighted by molar-refractivity contribution is 0.0592. The Morgan fingerprint density at radius 3 is 2.29 bits per heavy atom. The minimum atomic E-state index is 0.329. The first-order chi connectivity index (χ1) is 9.95. The van der Waals surface area contributed by atoms with Crippen LogP contribution in [-0.4, -0.2) is 36.1 Å². The van der Waals surface area contributed by atoms with Crippen LogP contribution in [0.2, 0.25) is 0 Å². The summed E-state index contributed by atoms with van der Waals surface area (Å²) in [6.07, 6.45) is 11.2. The molecule has 2 nitrogen and oxygen atoms in total. The molecule has 1 saturated heterocycles. The number of nitrogens with zero attached hydrogens (tertiary/aromatic N) is 1. The Bertz CT molecular complexity index is 260. The maximum Gasteiger partial charge on any atom is 0.0278 e. The first-order valence-electron chi connectivity index (χ1n) is 9.44. The second-order valence-electron chi connectivity index (χ2n) is 8.09. The Balaban J connectivity index is 2.23. The lowest BCUT2D eigenvalue weighted by atomic mass is 9.93. The minimum Gasteiger partial charge on any atom is -0.311 e. The molecule has 1 unspecified atom stereocenters. The molecule has 0 aliphatic carbocycles. The zero-order valence-corrected chi connectivity index (χ0v) is 15.4. The molecule has 126 valence electrons. The predicted octanol–water partition coefficient (Wildman–Crippen LogP) is 4.84. The Labute approximate surface area is 134 Å². The van der Waals surface area contributed by atoms with Crippen molar-refractivity contribution in [2.24, 2.45) is 5.92 Å². The van der Waals surface area contributed by atoms with Gasteiger partial charge >= 0.3 is 0 Å². The number of piperazine rings is 1. The van der Waals surface area contributed by atoms with Gasteiger partial charge in [-0.05, 0) is 39.2 Å². The highest BCUT2D eigenvalue weighted by atomic mass is 15.3. The highest BCUT2D eigenvalue weighted by Gasteiger charge is 2.33. The highest BCUT2D eigenvalue weighted by molar-refractivity contribution is 4.92. The van der Waals surface area contributed by atoms with E-state index in [-0.39, 0.29) is 0 Å². The van der Waals surface area contributed by atoms with Gasteiger partial charge in [-0.3, -0.25) is 4.90 Å². The van der Waals surface area contributed by atoms with Crippen molar-refractivity contribution in [2.75, 3.05) is 19.6 Å². The van der Waals surface area contributed by atoms with Gasteiger partial charge in [-0.1, -0.05) is 59.3 Å². The van der Waals surface area contributed by atoms with Crippen molar-refractivity contribution in [1.82, 2.24) is 10.2 Å². The zero-order valence-electron chi connectivity index (χ0n) is 15.4. The summed E-state index contributed by atoms with van der Waals surface area (Å²) in [5, 5.41) is 3.75. The molecule has 1 atom stereocenters. The van der Waals surface area contributed by atoms with Crippen molar-refractivity contribution in [1.29, 1.82) is 0 Å². The van der Waals surface area contributed by atoms with Gasteiger partial charge in [-0.2, -0.15) is 0 Å². The predicted molar refractivity (Wildman–Crippen MR) is 94.9 cm³/mol. The van der Waals surface area contributed by atoms with Crippen molar-refractivity contribution < 1.29 is 0 Å². The standard InChI is InChI=1S/C19H40N2/c1-6-7-8-9-10-11-12-13-21-15-18(14-17(2)3)20-16-19(21,4)5/h17-18,20H,6-16H2,1-5H3. The number of hydrogen-bond acceptors (Lipinski definition) is 2. The number of unbranched alkanes of at least 4 members (excludes halogenated alkanes) is 6. The summed E-state index contributed by atoms with van der Waals surface area (Å²) in [4.78, 5) is 2.74. The van der Waals surface area contributed by atoms with E-state index in [9.17, 15) is 0 Å². The minimum absolute atomic E-state index is 0.329. The van der Waals surface area contributed by atoms with E-state index in [0.29, 0.717) is 11.6 Å². The average molecular weight is 297 g/mol. The van der Waals surface area contributed by atoms with Crippen molar-refractivity contribution in [2.45, 2.75) is 97.6 Å². The van der Waals surface area contributed by atoms with E-state index >= 15 is 0 Å². The Morgan fingerprint density at radius 1 is 1.05 bits per heavy atom. The molecule has 1 N–H and O–H groups in total. The molecule has 1 fully saturated rings. The molecule has 0 spiro atoms. The second-order valence-corrected chi connectivity index (χ2v) is 8.09. The van der Waals surface area contributed by atoms with Gasteiger partial charge < -0.3 is 5.32 Å². The maximum absolute atomic E-state index is 3.75. The van der Waals surface area contributed by atoms with E-state index in [1.807, 2.05) is 0 Å². The Morgan fingerprint density at radius 2 is 1.67 bits per heavy atom. The van der Waals surface area contributed by atoms with Crippen molar-refractivity contribution in [3.05, 3.63) is 0 Å². The van der Waals surface area contributed by atoms with Gasteiger partial charge in [0.15, 0.2) is 0 Å². The molecule has 0 saturated carbocycles. The fourth-order valence-corrected chi connectivity index (χ4v) is 3.46. The van der Waals surface area contributed by atoms with Crippen molar-refractivity contribution >= 4 is 0 Å². The smallest absolute Gasteiger partial charge is 0.0278 e. The Kier molecular flexibility index (Phi) is 8.89. The highest BCUT2D eigenvalue weighted by Crippen LogP contribution is 2.22. The van der Waals surface area contributed by atoms with Crippen LogP contribution in [-0.2, 0) is 0 Å². The van der Waals surface area contributed by atoms with Crippen LogP contribution < -0.4 is 5.32 Å². The van der Waals surface area contributed by atoms with Gasteiger partial charge in [0.1, 0.15) is 0 Å². The normalized spacial score (nSPS) is 22.9. The number of nitrogens with one attached hydrogen (secondary N) is 1. The maximum atomic E-state index is 3.75. The van der Waals surface area contributed by atoms with Crippen LogP contribution in [0.15, 0.2) is 0 Å². The van der Waals surface area contributed by atoms with Crippen LogP contribution in [0.25, 0.3) is 0 Å². The summed E-state index contributed by atoms with van der Waals surface area (Å²) in [5.74, 6) is 0.795. The molecule has 1 heterocycles. The first-order valence-corrected chi connectivity index (χ1v) is 9.44. The van der Waals surface area contributed by atoms with Crippen LogP contribution in [0.4, 0.5) is 0 Å². The van der Waals surface area contributed by atoms with E-state index in [1.54, 1.807) is 0 Å². The van der Waals surface area contributed by atoms with Gasteiger partial charge in [0.25, 0.3) is 0 Å². The second kappa shape index (κ2) is 9.84. The largest absolute Gasteiger partial charge is 0.311 e. The van der Waals surface area contributed by atoms with Gasteiger partial charge in [0.05, 0.1) is 0 Å². The molecular formula is C19H40N2. The quantitative estimate of drug-likeness (QED) is 0.581. The van der Waals surface area contributed by atoms with Crippen molar-refractivity contribution in [3.63, 3.8) is 0 Å². The molecule has 0 aromatic heterocycles. The molecule has 0 amide bonds. The lowest BCUT2D eigenvalue weighted by Crippen LogP contribution is -2.62. The fraction of sp³-hybridized carbons (Fsp3) is 1.00. The molecule has 0 bridgehead atoms. The summed E-state index contributed by atoms with van der Waals surface area (Å²) >= 11 is 0. The average Bonchev–Trinajstić information content (AvgIpc) is 2.40. The molecule has 2 heteroatoms. The molecule has 1 aliphatic heterocycles. The molecule has 1 aliphatic rings. The van der Waals surface area contributed by atoms with Gasteiger partial charge in [-0.25, -0.2) is 0 Å². The zero-order chi connectivity index (χ0) is 15.7. The Hall–Kier alpha value is -0.0800. The van der Waals surface area contributed by atoms with Crippen LogP contribution in [0, 0.1) is 5.92 Å². The third-order valence-corrected chi connectivity index (χ3v) is 4.91. The summed E-state index contributed by atoms with van der Waals surface area (Å²) in [5.41, 5.74) is 0.329. The van der Waals surface area contributed by atoms with E-state index in [2.05, 4.69) is 44.8 Å². The number of rotatable bonds is 10. The summed E-state index contributed by atoms with van der Waals surface area (Å²) < 4.78 is 0. The van der Waals surface area contributed by atoms with Crippen LogP contribution in [0.3, 0.4) is 0 Å². The SMILES string of the molecule is CCCCCCCCCN1CC(CC(C)C)NCC1(C)C. The fourth-order valence-electron chi connectivity index (χ4n) is 3.46. The first kappa shape index (κ1) is 19.0. The van der Waals surface area contributed by atoms with E-state index in [4.69, 9.17) is 0 Å². The summed E-state index contributed by atoms with van der Waals surface area (Å²) in [7, 11) is 0. The van der Waals surface area contributed by atoms with Crippen LogP contribution >= 0.6 is 0 Å². The van der Waals surface area contributed by atoms with E-state index in [1.165, 1.54) is 64.5 Å². The molecule has 1 rings (SSSR count). The van der Waals surface area contributed by atoms with E-state index < -0.39 is 0 Å². The summed E-state index contributed by atoms with van der Waals surface area (Å²) in [6.45, 7) is 15.4. The molecule has 0 radical (unpaired) electrons. The van der Waals surface area contributed by atoms with Crippen LogP contribution in [0.1, 0.15) is 86.0 Å². The van der Waals surface area contributed by atoms with Gasteiger partial charge in [-0.15, -0.1) is 0 Å². The lowest BCUT2D eigenvalue weighted by Gasteiger charge is -2.46. The third-order valence-electron chi connectivity index (χ3n) is 4.91.